The molecule has 0 radical (unpaired) electrons. The fourth-order valence-corrected chi connectivity index (χ4v) is 2.91. The van der Waals surface area contributed by atoms with Gasteiger partial charge < -0.3 is 10.0 Å². The minimum Gasteiger partial charge on any atom is -0.388 e. The van der Waals surface area contributed by atoms with Crippen LogP contribution < -0.4 is 0 Å². The van der Waals surface area contributed by atoms with Gasteiger partial charge in [-0.15, -0.1) is 0 Å². The molecule has 1 aliphatic rings. The van der Waals surface area contributed by atoms with E-state index < -0.39 is 6.10 Å². The summed E-state index contributed by atoms with van der Waals surface area (Å²) in [5, 5.41) is 10.3. The Hall–Kier alpha value is -2.13. The number of hydrogen-bond donors (Lipinski definition) is 1. The summed E-state index contributed by atoms with van der Waals surface area (Å²) in [6, 6.07) is 17.9. The van der Waals surface area contributed by atoms with Crippen molar-refractivity contribution in [1.29, 1.82) is 0 Å². The lowest BCUT2D eigenvalue weighted by Crippen LogP contribution is -2.28. The van der Waals surface area contributed by atoms with Gasteiger partial charge in [-0.2, -0.15) is 0 Å². The van der Waals surface area contributed by atoms with E-state index in [1.165, 1.54) is 0 Å². The Bertz CT molecular complexity index is 616. The first-order valence-corrected chi connectivity index (χ1v) is 7.85. The minimum absolute atomic E-state index is 0.0529. The zero-order chi connectivity index (χ0) is 15.4. The summed E-state index contributed by atoms with van der Waals surface area (Å²) in [4.78, 5) is 13.9. The van der Waals surface area contributed by atoms with Gasteiger partial charge in [0.25, 0.3) is 0 Å². The lowest BCUT2D eigenvalue weighted by atomic mass is 10.0. The molecule has 1 amide bonds. The van der Waals surface area contributed by atoms with Crippen molar-refractivity contribution in [3.63, 3.8) is 0 Å². The van der Waals surface area contributed by atoms with Crippen LogP contribution in [0.1, 0.15) is 30.9 Å². The Morgan fingerprint density at radius 2 is 1.55 bits per heavy atom. The molecule has 1 fully saturated rings. The van der Waals surface area contributed by atoms with Crippen LogP contribution in [0.25, 0.3) is 11.1 Å². The average molecular weight is 295 g/mol. The number of hydrogen-bond acceptors (Lipinski definition) is 2. The third-order valence-electron chi connectivity index (χ3n) is 4.23. The van der Waals surface area contributed by atoms with Gasteiger partial charge in [0.1, 0.15) is 0 Å². The van der Waals surface area contributed by atoms with Gasteiger partial charge in [-0.1, -0.05) is 54.6 Å². The zero-order valence-corrected chi connectivity index (χ0v) is 12.6. The van der Waals surface area contributed by atoms with Gasteiger partial charge in [-0.25, -0.2) is 0 Å². The molecule has 1 saturated heterocycles. The number of likely N-dealkylation sites (tertiary alicyclic amines) is 1. The normalized spacial score (nSPS) is 15.8. The third kappa shape index (κ3) is 3.37. The number of benzene rings is 2. The molecule has 22 heavy (non-hydrogen) atoms. The Labute approximate surface area is 131 Å². The second-order valence-electron chi connectivity index (χ2n) is 5.80. The fraction of sp³-hybridized carbons (Fsp3) is 0.316. The van der Waals surface area contributed by atoms with Gasteiger partial charge in [0.15, 0.2) is 0 Å². The van der Waals surface area contributed by atoms with E-state index in [0.717, 1.165) is 42.6 Å². The van der Waals surface area contributed by atoms with E-state index in [1.54, 1.807) is 0 Å². The predicted octanol–water partition coefficient (Wildman–Crippen LogP) is 3.40. The molecule has 2 aromatic carbocycles. The molecule has 1 aliphatic heterocycles. The van der Waals surface area contributed by atoms with Crippen molar-refractivity contribution in [2.24, 2.45) is 0 Å². The molecule has 0 aliphatic carbocycles. The largest absolute Gasteiger partial charge is 0.388 e. The van der Waals surface area contributed by atoms with Gasteiger partial charge in [0.2, 0.25) is 5.91 Å². The van der Waals surface area contributed by atoms with Gasteiger partial charge in [0.05, 0.1) is 12.5 Å². The Balaban J connectivity index is 1.66. The number of aliphatic hydroxyl groups excluding tert-OH is 1. The smallest absolute Gasteiger partial charge is 0.225 e. The summed E-state index contributed by atoms with van der Waals surface area (Å²) < 4.78 is 0. The highest BCUT2D eigenvalue weighted by molar-refractivity contribution is 5.77. The highest BCUT2D eigenvalue weighted by Crippen LogP contribution is 2.24. The first-order valence-electron chi connectivity index (χ1n) is 7.85. The number of rotatable bonds is 4. The van der Waals surface area contributed by atoms with E-state index in [9.17, 15) is 9.90 Å². The van der Waals surface area contributed by atoms with Gasteiger partial charge in [-0.3, -0.25) is 4.79 Å². The van der Waals surface area contributed by atoms with E-state index >= 15 is 0 Å². The van der Waals surface area contributed by atoms with Gasteiger partial charge in [0, 0.05) is 13.1 Å². The van der Waals surface area contributed by atoms with Crippen molar-refractivity contribution in [2.45, 2.75) is 25.4 Å². The Morgan fingerprint density at radius 1 is 0.955 bits per heavy atom. The van der Waals surface area contributed by atoms with Crippen LogP contribution in [0.3, 0.4) is 0 Å². The minimum atomic E-state index is -0.724. The van der Waals surface area contributed by atoms with Crippen LogP contribution >= 0.6 is 0 Å². The fourth-order valence-electron chi connectivity index (χ4n) is 2.91. The summed E-state index contributed by atoms with van der Waals surface area (Å²) in [7, 11) is 0. The molecule has 2 aromatic rings. The first kappa shape index (κ1) is 14.8. The molecule has 0 bridgehead atoms. The summed E-state index contributed by atoms with van der Waals surface area (Å²) in [6.45, 7) is 1.66. The maximum absolute atomic E-state index is 12.1. The van der Waals surface area contributed by atoms with E-state index in [0.29, 0.717) is 0 Å². The van der Waals surface area contributed by atoms with Crippen LogP contribution in [-0.4, -0.2) is 29.0 Å². The maximum atomic E-state index is 12.1. The second-order valence-corrected chi connectivity index (χ2v) is 5.80. The van der Waals surface area contributed by atoms with Crippen LogP contribution in [0.4, 0.5) is 0 Å². The molecule has 0 aromatic heterocycles. The molecule has 1 atom stereocenters. The van der Waals surface area contributed by atoms with Crippen molar-refractivity contribution < 1.29 is 9.90 Å². The van der Waals surface area contributed by atoms with E-state index in [2.05, 4.69) is 12.1 Å². The lowest BCUT2D eigenvalue weighted by molar-refractivity contribution is -0.132. The van der Waals surface area contributed by atoms with Crippen molar-refractivity contribution in [3.05, 3.63) is 60.2 Å². The summed E-state index contributed by atoms with van der Waals surface area (Å²) >= 11 is 0. The molecule has 3 heteroatoms. The molecule has 0 spiro atoms. The quantitative estimate of drug-likeness (QED) is 0.939. The lowest BCUT2D eigenvalue weighted by Gasteiger charge is -2.18. The number of aliphatic hydroxyl groups is 1. The topological polar surface area (TPSA) is 40.5 Å². The summed E-state index contributed by atoms with van der Waals surface area (Å²) in [5.41, 5.74) is 3.06. The van der Waals surface area contributed by atoms with Crippen molar-refractivity contribution in [1.82, 2.24) is 4.90 Å². The maximum Gasteiger partial charge on any atom is 0.225 e. The molecule has 1 heterocycles. The number of nitrogens with zero attached hydrogens (tertiary/aromatic N) is 1. The molecular weight excluding hydrogens is 274 g/mol. The van der Waals surface area contributed by atoms with Crippen molar-refractivity contribution in [3.8, 4) is 11.1 Å². The number of carbonyl (C=O) groups is 1. The van der Waals surface area contributed by atoms with Crippen LogP contribution in [0.15, 0.2) is 54.6 Å². The number of amides is 1. The standard InChI is InChI=1S/C19H21NO2/c21-18(14-19(22)20-12-4-5-13-20)17-10-8-16(9-11-17)15-6-2-1-3-7-15/h1-3,6-11,18,21H,4-5,12-14H2/t18-/m1/s1. The molecule has 114 valence electrons. The van der Waals surface area contributed by atoms with Gasteiger partial charge >= 0.3 is 0 Å². The van der Waals surface area contributed by atoms with E-state index in [4.69, 9.17) is 0 Å². The van der Waals surface area contributed by atoms with Crippen LogP contribution in [0.5, 0.6) is 0 Å². The summed E-state index contributed by atoms with van der Waals surface area (Å²) in [5.74, 6) is 0.0529. The molecule has 0 unspecified atom stereocenters. The predicted molar refractivity (Wildman–Crippen MR) is 87.3 cm³/mol. The van der Waals surface area contributed by atoms with Gasteiger partial charge in [-0.05, 0) is 29.5 Å². The average Bonchev–Trinajstić information content (AvgIpc) is 3.10. The van der Waals surface area contributed by atoms with Crippen LogP contribution in [0.2, 0.25) is 0 Å². The third-order valence-corrected chi connectivity index (χ3v) is 4.23. The van der Waals surface area contributed by atoms with Crippen LogP contribution in [-0.2, 0) is 4.79 Å². The van der Waals surface area contributed by atoms with Crippen molar-refractivity contribution >= 4 is 5.91 Å². The first-order chi connectivity index (χ1) is 10.7. The van der Waals surface area contributed by atoms with E-state index in [1.807, 2.05) is 47.4 Å². The van der Waals surface area contributed by atoms with Crippen molar-refractivity contribution in [2.75, 3.05) is 13.1 Å². The number of carbonyl (C=O) groups excluding carboxylic acids is 1. The molecule has 0 saturated carbocycles. The van der Waals surface area contributed by atoms with E-state index in [-0.39, 0.29) is 12.3 Å². The second kappa shape index (κ2) is 6.75. The molecular formula is C19H21NO2. The Morgan fingerprint density at radius 3 is 2.18 bits per heavy atom. The van der Waals surface area contributed by atoms with Crippen LogP contribution in [0, 0.1) is 0 Å². The zero-order valence-electron chi connectivity index (χ0n) is 12.6. The Kier molecular flexibility index (Phi) is 4.54. The molecule has 3 rings (SSSR count). The summed E-state index contributed by atoms with van der Waals surface area (Å²) in [6.07, 6.45) is 1.60. The SMILES string of the molecule is O=C(C[C@@H](O)c1ccc(-c2ccccc2)cc1)N1CCCC1. The molecule has 1 N–H and O–H groups in total. The highest BCUT2D eigenvalue weighted by atomic mass is 16.3. The molecule has 3 nitrogen and oxygen atoms in total. The highest BCUT2D eigenvalue weighted by Gasteiger charge is 2.21. The monoisotopic (exact) mass is 295 g/mol.